The second-order valence-corrected chi connectivity index (χ2v) is 6.45. The van der Waals surface area contributed by atoms with Crippen molar-refractivity contribution < 1.29 is 13.5 Å². The van der Waals surface area contributed by atoms with Gasteiger partial charge in [0.1, 0.15) is 12.4 Å². The number of benzene rings is 3. The number of para-hydroxylation sites is 1. The molecule has 1 unspecified atom stereocenters. The molecule has 3 aromatic carbocycles. The van der Waals surface area contributed by atoms with E-state index in [1.165, 1.54) is 0 Å². The summed E-state index contributed by atoms with van der Waals surface area (Å²) >= 11 is -2.04. The van der Waals surface area contributed by atoms with E-state index in [1.54, 1.807) is 12.1 Å². The monoisotopic (exact) mass is 353 g/mol. The average molecular weight is 353 g/mol. The van der Waals surface area contributed by atoms with Crippen LogP contribution >= 0.6 is 0 Å². The highest BCUT2D eigenvalue weighted by Gasteiger charge is 2.10. The number of hydrogen-bond acceptors (Lipinski definition) is 3. The summed E-state index contributed by atoms with van der Waals surface area (Å²) in [6, 6.07) is 24.8. The van der Waals surface area contributed by atoms with Gasteiger partial charge in [-0.2, -0.15) is 0 Å². The lowest BCUT2D eigenvalue weighted by Gasteiger charge is -2.12. The molecule has 0 bridgehead atoms. The predicted octanol–water partition coefficient (Wildman–Crippen LogP) is 4.46. The van der Waals surface area contributed by atoms with Gasteiger partial charge in [0.05, 0.1) is 4.90 Å². The second-order valence-electron chi connectivity index (χ2n) is 5.51. The van der Waals surface area contributed by atoms with E-state index < -0.39 is 11.1 Å². The van der Waals surface area contributed by atoms with E-state index in [9.17, 15) is 8.76 Å². The maximum absolute atomic E-state index is 11.6. The molecule has 0 heterocycles. The first-order chi connectivity index (χ1) is 12.2. The molecule has 5 heteroatoms. The molecule has 2 N–H and O–H groups in total. The van der Waals surface area contributed by atoms with Crippen LogP contribution in [-0.2, 0) is 24.2 Å². The molecule has 0 spiro atoms. The highest BCUT2D eigenvalue weighted by Crippen LogP contribution is 2.22. The third-order valence-corrected chi connectivity index (χ3v) is 4.50. The van der Waals surface area contributed by atoms with Gasteiger partial charge >= 0.3 is 0 Å². The molecule has 4 nitrogen and oxygen atoms in total. The standard InChI is InChI=1S/C20H19NO3S/c22-25(23)20-12-11-19(24-15-16-7-3-1-4-8-16)13-17(20)14-21-18-9-5-2-6-10-18/h1-13,21H,14-15H2,(H,22,23). The third-order valence-electron chi connectivity index (χ3n) is 3.73. The van der Waals surface area contributed by atoms with Crippen LogP contribution in [0.15, 0.2) is 83.8 Å². The summed E-state index contributed by atoms with van der Waals surface area (Å²) < 4.78 is 26.9. The quantitative estimate of drug-likeness (QED) is 0.616. The first-order valence-electron chi connectivity index (χ1n) is 7.92. The normalized spacial score (nSPS) is 11.7. The van der Waals surface area contributed by atoms with Crippen molar-refractivity contribution in [1.29, 1.82) is 0 Å². The van der Waals surface area contributed by atoms with E-state index in [1.807, 2.05) is 66.7 Å². The van der Waals surface area contributed by atoms with Crippen LogP contribution in [0.1, 0.15) is 11.1 Å². The summed E-state index contributed by atoms with van der Waals surface area (Å²) in [5.41, 5.74) is 2.75. The van der Waals surface area contributed by atoms with Gasteiger partial charge in [-0.25, -0.2) is 4.21 Å². The van der Waals surface area contributed by atoms with Crippen LogP contribution in [0.4, 0.5) is 5.69 Å². The van der Waals surface area contributed by atoms with Gasteiger partial charge in [-0.1, -0.05) is 48.5 Å². The first-order valence-corrected chi connectivity index (χ1v) is 9.02. The molecule has 0 fully saturated rings. The number of hydrogen-bond donors (Lipinski definition) is 2. The Morgan fingerprint density at radius 3 is 2.28 bits per heavy atom. The van der Waals surface area contributed by atoms with Gasteiger partial charge in [0, 0.05) is 12.2 Å². The largest absolute Gasteiger partial charge is 0.489 e. The summed E-state index contributed by atoms with van der Waals surface area (Å²) in [5.74, 6) is 0.669. The Morgan fingerprint density at radius 1 is 0.920 bits per heavy atom. The molecule has 25 heavy (non-hydrogen) atoms. The van der Waals surface area contributed by atoms with E-state index in [0.29, 0.717) is 23.8 Å². The Morgan fingerprint density at radius 2 is 1.60 bits per heavy atom. The van der Waals surface area contributed by atoms with Crippen molar-refractivity contribution in [2.24, 2.45) is 0 Å². The topological polar surface area (TPSA) is 58.6 Å². The van der Waals surface area contributed by atoms with E-state index in [-0.39, 0.29) is 0 Å². The number of ether oxygens (including phenoxy) is 1. The molecule has 3 aromatic rings. The lowest BCUT2D eigenvalue weighted by molar-refractivity contribution is 0.305. The van der Waals surface area contributed by atoms with E-state index in [4.69, 9.17) is 4.74 Å². The van der Waals surface area contributed by atoms with Crippen LogP contribution in [0.2, 0.25) is 0 Å². The molecular weight excluding hydrogens is 334 g/mol. The number of anilines is 1. The molecule has 0 aliphatic heterocycles. The van der Waals surface area contributed by atoms with Crippen molar-refractivity contribution in [3.05, 3.63) is 90.0 Å². The van der Waals surface area contributed by atoms with Gasteiger partial charge in [-0.3, -0.25) is 0 Å². The second kappa shape index (κ2) is 8.46. The van der Waals surface area contributed by atoms with Gasteiger partial charge in [0.15, 0.2) is 11.1 Å². The fourth-order valence-corrected chi connectivity index (χ4v) is 2.99. The summed E-state index contributed by atoms with van der Waals surface area (Å²) in [6.45, 7) is 0.891. The van der Waals surface area contributed by atoms with Gasteiger partial charge in [0.2, 0.25) is 0 Å². The Labute approximate surface area is 149 Å². The fraction of sp³-hybridized carbons (Fsp3) is 0.100. The molecule has 1 atom stereocenters. The lowest BCUT2D eigenvalue weighted by Crippen LogP contribution is -2.05. The Bertz CT molecular complexity index is 838. The van der Waals surface area contributed by atoms with Crippen molar-refractivity contribution in [3.63, 3.8) is 0 Å². The SMILES string of the molecule is O=S(O)c1ccc(OCc2ccccc2)cc1CNc1ccccc1. The average Bonchev–Trinajstić information content (AvgIpc) is 2.66. The van der Waals surface area contributed by atoms with Gasteiger partial charge in [0.25, 0.3) is 0 Å². The van der Waals surface area contributed by atoms with Crippen LogP contribution < -0.4 is 10.1 Å². The molecule has 0 radical (unpaired) electrons. The summed E-state index contributed by atoms with van der Waals surface area (Å²) in [6.07, 6.45) is 0. The molecule has 128 valence electrons. The van der Waals surface area contributed by atoms with Crippen molar-refractivity contribution in [3.8, 4) is 5.75 Å². The van der Waals surface area contributed by atoms with E-state index in [0.717, 1.165) is 16.8 Å². The van der Waals surface area contributed by atoms with Gasteiger partial charge in [-0.05, 0) is 41.5 Å². The Hall–Kier alpha value is -2.63. The molecule has 0 aromatic heterocycles. The van der Waals surface area contributed by atoms with Crippen molar-refractivity contribution in [1.82, 2.24) is 0 Å². The molecule has 0 aliphatic rings. The zero-order valence-corrected chi connectivity index (χ0v) is 14.4. The zero-order valence-electron chi connectivity index (χ0n) is 13.6. The number of rotatable bonds is 7. The molecule has 0 aliphatic carbocycles. The van der Waals surface area contributed by atoms with Crippen LogP contribution in [-0.4, -0.2) is 8.76 Å². The minimum absolute atomic E-state index is 0.385. The Balaban J connectivity index is 1.73. The van der Waals surface area contributed by atoms with Crippen LogP contribution in [0.25, 0.3) is 0 Å². The molecule has 0 saturated heterocycles. The Kier molecular flexibility index (Phi) is 5.82. The molecule has 0 saturated carbocycles. The highest BCUT2D eigenvalue weighted by atomic mass is 32.2. The van der Waals surface area contributed by atoms with Crippen molar-refractivity contribution in [2.45, 2.75) is 18.0 Å². The minimum Gasteiger partial charge on any atom is -0.489 e. The van der Waals surface area contributed by atoms with Crippen LogP contribution in [0, 0.1) is 0 Å². The van der Waals surface area contributed by atoms with Gasteiger partial charge < -0.3 is 14.6 Å². The summed E-state index contributed by atoms with van der Waals surface area (Å²) in [4.78, 5) is 0.385. The molecular formula is C20H19NO3S. The molecule has 0 amide bonds. The van der Waals surface area contributed by atoms with Crippen molar-refractivity contribution >= 4 is 16.8 Å². The number of nitrogens with one attached hydrogen (secondary N) is 1. The van der Waals surface area contributed by atoms with Gasteiger partial charge in [-0.15, -0.1) is 0 Å². The summed E-state index contributed by atoms with van der Waals surface area (Å²) in [7, 11) is 0. The maximum Gasteiger partial charge on any atom is 0.186 e. The van der Waals surface area contributed by atoms with Crippen LogP contribution in [0.5, 0.6) is 5.75 Å². The fourth-order valence-electron chi connectivity index (χ4n) is 2.45. The zero-order chi connectivity index (χ0) is 17.5. The maximum atomic E-state index is 11.6. The lowest BCUT2D eigenvalue weighted by atomic mass is 10.2. The summed E-state index contributed by atoms with van der Waals surface area (Å²) in [5, 5.41) is 3.26. The van der Waals surface area contributed by atoms with E-state index in [2.05, 4.69) is 5.32 Å². The third kappa shape index (κ3) is 4.92. The van der Waals surface area contributed by atoms with E-state index >= 15 is 0 Å². The minimum atomic E-state index is -2.04. The van der Waals surface area contributed by atoms with Crippen molar-refractivity contribution in [2.75, 3.05) is 5.32 Å². The predicted molar refractivity (Wildman–Crippen MR) is 100 cm³/mol. The smallest absolute Gasteiger partial charge is 0.186 e. The highest BCUT2D eigenvalue weighted by molar-refractivity contribution is 7.79. The van der Waals surface area contributed by atoms with Crippen LogP contribution in [0.3, 0.4) is 0 Å². The molecule has 3 rings (SSSR count). The first kappa shape index (κ1) is 17.2.